The van der Waals surface area contributed by atoms with Crippen molar-refractivity contribution < 1.29 is 0 Å². The molecule has 1 aromatic rings. The molecule has 1 unspecified atom stereocenters. The molecule has 1 N–H and O–H groups in total. The Morgan fingerprint density at radius 3 is 2.81 bits per heavy atom. The Bertz CT molecular complexity index is 282. The van der Waals surface area contributed by atoms with Crippen LogP contribution in [0.1, 0.15) is 45.4 Å². The van der Waals surface area contributed by atoms with E-state index in [1.807, 2.05) is 11.7 Å². The summed E-state index contributed by atoms with van der Waals surface area (Å²) in [5.74, 6) is 1.09. The number of nitrogens with zero attached hydrogens (tertiary/aromatic N) is 3. The van der Waals surface area contributed by atoms with Crippen LogP contribution >= 0.6 is 0 Å². The zero-order valence-corrected chi connectivity index (χ0v) is 10.7. The minimum absolute atomic E-state index is 0.660. The maximum atomic E-state index is 4.23. The highest BCUT2D eigenvalue weighted by atomic mass is 15.3. The molecule has 16 heavy (non-hydrogen) atoms. The fourth-order valence-corrected chi connectivity index (χ4v) is 1.85. The quantitative estimate of drug-likeness (QED) is 0.733. The molecule has 0 aromatic carbocycles. The molecular weight excluding hydrogens is 200 g/mol. The van der Waals surface area contributed by atoms with Crippen molar-refractivity contribution in [2.75, 3.05) is 6.54 Å². The highest BCUT2D eigenvalue weighted by molar-refractivity contribution is 4.83. The smallest absolute Gasteiger partial charge is 0.138 e. The van der Waals surface area contributed by atoms with E-state index in [2.05, 4.69) is 29.2 Å². The maximum absolute atomic E-state index is 4.23. The van der Waals surface area contributed by atoms with Crippen molar-refractivity contribution >= 4 is 0 Å². The summed E-state index contributed by atoms with van der Waals surface area (Å²) >= 11 is 0. The maximum Gasteiger partial charge on any atom is 0.138 e. The van der Waals surface area contributed by atoms with E-state index in [9.17, 15) is 0 Å². The van der Waals surface area contributed by atoms with Crippen molar-refractivity contribution in [2.24, 2.45) is 7.05 Å². The highest BCUT2D eigenvalue weighted by Crippen LogP contribution is 2.06. The zero-order chi connectivity index (χ0) is 11.8. The van der Waals surface area contributed by atoms with Gasteiger partial charge in [0.05, 0.1) is 0 Å². The van der Waals surface area contributed by atoms with Gasteiger partial charge in [0.1, 0.15) is 12.2 Å². The number of hydrogen-bond donors (Lipinski definition) is 1. The molecule has 0 amide bonds. The van der Waals surface area contributed by atoms with E-state index < -0.39 is 0 Å². The van der Waals surface area contributed by atoms with Crippen molar-refractivity contribution in [3.05, 3.63) is 12.2 Å². The standard InChI is InChI=1S/C12H24N4/c1-4-9-13-11(5-2)7-6-8-12-14-10-15-16(12)3/h10-11,13H,4-9H2,1-3H3. The Balaban J connectivity index is 2.20. The molecule has 0 aliphatic heterocycles. The van der Waals surface area contributed by atoms with Gasteiger partial charge in [0.25, 0.3) is 0 Å². The largest absolute Gasteiger partial charge is 0.314 e. The molecule has 0 saturated heterocycles. The lowest BCUT2D eigenvalue weighted by atomic mass is 10.1. The van der Waals surface area contributed by atoms with E-state index in [4.69, 9.17) is 0 Å². The predicted molar refractivity (Wildman–Crippen MR) is 66.3 cm³/mol. The van der Waals surface area contributed by atoms with Gasteiger partial charge in [-0.05, 0) is 32.2 Å². The van der Waals surface area contributed by atoms with Crippen LogP contribution in [-0.4, -0.2) is 27.4 Å². The molecule has 0 bridgehead atoms. The van der Waals surface area contributed by atoms with Crippen molar-refractivity contribution in [2.45, 2.75) is 52.0 Å². The Kier molecular flexibility index (Phi) is 6.08. The summed E-state index contributed by atoms with van der Waals surface area (Å²) in [6.45, 7) is 5.58. The van der Waals surface area contributed by atoms with E-state index in [0.29, 0.717) is 6.04 Å². The lowest BCUT2D eigenvalue weighted by molar-refractivity contribution is 0.452. The first-order valence-electron chi connectivity index (χ1n) is 6.34. The molecule has 1 heterocycles. The third-order valence-corrected chi connectivity index (χ3v) is 2.93. The van der Waals surface area contributed by atoms with Gasteiger partial charge in [-0.2, -0.15) is 5.10 Å². The third-order valence-electron chi connectivity index (χ3n) is 2.93. The van der Waals surface area contributed by atoms with Gasteiger partial charge in [0, 0.05) is 19.5 Å². The lowest BCUT2D eigenvalue weighted by Crippen LogP contribution is -2.29. The Labute approximate surface area is 98.5 Å². The summed E-state index contributed by atoms with van der Waals surface area (Å²) in [5, 5.41) is 7.65. The first-order valence-corrected chi connectivity index (χ1v) is 6.34. The first kappa shape index (κ1) is 13.2. The molecule has 0 aliphatic rings. The second-order valence-electron chi connectivity index (χ2n) is 4.25. The summed E-state index contributed by atoms with van der Waals surface area (Å²) in [6.07, 6.45) is 7.48. The van der Waals surface area contributed by atoms with Gasteiger partial charge in [-0.25, -0.2) is 4.98 Å². The van der Waals surface area contributed by atoms with E-state index >= 15 is 0 Å². The van der Waals surface area contributed by atoms with Crippen LogP contribution in [-0.2, 0) is 13.5 Å². The number of nitrogens with one attached hydrogen (secondary N) is 1. The summed E-state index contributed by atoms with van der Waals surface area (Å²) in [6, 6.07) is 0.660. The monoisotopic (exact) mass is 224 g/mol. The summed E-state index contributed by atoms with van der Waals surface area (Å²) in [5.41, 5.74) is 0. The van der Waals surface area contributed by atoms with Crippen LogP contribution < -0.4 is 5.32 Å². The normalized spacial score (nSPS) is 12.9. The van der Waals surface area contributed by atoms with Crippen molar-refractivity contribution in [1.29, 1.82) is 0 Å². The first-order chi connectivity index (χ1) is 7.77. The molecule has 1 aromatic heterocycles. The van der Waals surface area contributed by atoms with Gasteiger partial charge in [0.2, 0.25) is 0 Å². The Morgan fingerprint density at radius 1 is 1.44 bits per heavy atom. The molecule has 0 spiro atoms. The third kappa shape index (κ3) is 4.31. The second kappa shape index (κ2) is 7.39. The topological polar surface area (TPSA) is 42.7 Å². The number of aryl methyl sites for hydroxylation is 2. The fraction of sp³-hybridized carbons (Fsp3) is 0.833. The van der Waals surface area contributed by atoms with Crippen molar-refractivity contribution in [3.8, 4) is 0 Å². The minimum atomic E-state index is 0.660. The number of rotatable bonds is 8. The van der Waals surface area contributed by atoms with Crippen LogP contribution in [0.4, 0.5) is 0 Å². The predicted octanol–water partition coefficient (Wildman–Crippen LogP) is 1.92. The second-order valence-corrected chi connectivity index (χ2v) is 4.25. The van der Waals surface area contributed by atoms with E-state index in [-0.39, 0.29) is 0 Å². The molecule has 0 saturated carbocycles. The number of hydrogen-bond acceptors (Lipinski definition) is 3. The van der Waals surface area contributed by atoms with E-state index in [1.54, 1.807) is 6.33 Å². The molecule has 92 valence electrons. The van der Waals surface area contributed by atoms with Gasteiger partial charge in [-0.15, -0.1) is 0 Å². The molecule has 1 rings (SSSR count). The Morgan fingerprint density at radius 2 is 2.25 bits per heavy atom. The fourth-order valence-electron chi connectivity index (χ4n) is 1.85. The summed E-state index contributed by atoms with van der Waals surface area (Å²) in [4.78, 5) is 4.23. The highest BCUT2D eigenvalue weighted by Gasteiger charge is 2.06. The zero-order valence-electron chi connectivity index (χ0n) is 10.7. The minimum Gasteiger partial charge on any atom is -0.314 e. The van der Waals surface area contributed by atoms with E-state index in [1.165, 1.54) is 25.7 Å². The SMILES string of the molecule is CCCNC(CC)CCCc1ncnn1C. The van der Waals surface area contributed by atoms with Crippen LogP contribution in [0.3, 0.4) is 0 Å². The summed E-state index contributed by atoms with van der Waals surface area (Å²) in [7, 11) is 1.95. The molecule has 1 atom stereocenters. The van der Waals surface area contributed by atoms with Crippen LogP contribution in [0.5, 0.6) is 0 Å². The van der Waals surface area contributed by atoms with Gasteiger partial charge in [-0.1, -0.05) is 13.8 Å². The molecule has 4 nitrogen and oxygen atoms in total. The van der Waals surface area contributed by atoms with Gasteiger partial charge < -0.3 is 5.32 Å². The molecule has 4 heteroatoms. The van der Waals surface area contributed by atoms with Crippen LogP contribution in [0, 0.1) is 0 Å². The van der Waals surface area contributed by atoms with Crippen LogP contribution in [0.25, 0.3) is 0 Å². The average Bonchev–Trinajstić information content (AvgIpc) is 2.69. The number of aromatic nitrogens is 3. The van der Waals surface area contributed by atoms with Crippen molar-refractivity contribution in [3.63, 3.8) is 0 Å². The molecular formula is C12H24N4. The van der Waals surface area contributed by atoms with Gasteiger partial charge >= 0.3 is 0 Å². The molecule has 0 radical (unpaired) electrons. The van der Waals surface area contributed by atoms with Crippen LogP contribution in [0.2, 0.25) is 0 Å². The van der Waals surface area contributed by atoms with Gasteiger partial charge in [0.15, 0.2) is 0 Å². The summed E-state index contributed by atoms with van der Waals surface area (Å²) < 4.78 is 1.86. The lowest BCUT2D eigenvalue weighted by Gasteiger charge is -2.15. The van der Waals surface area contributed by atoms with E-state index in [0.717, 1.165) is 18.8 Å². The Hall–Kier alpha value is -0.900. The average molecular weight is 224 g/mol. The van der Waals surface area contributed by atoms with Crippen molar-refractivity contribution in [1.82, 2.24) is 20.1 Å². The van der Waals surface area contributed by atoms with Gasteiger partial charge in [-0.3, -0.25) is 4.68 Å². The van der Waals surface area contributed by atoms with Crippen LogP contribution in [0.15, 0.2) is 6.33 Å². The molecule has 0 fully saturated rings. The molecule has 0 aliphatic carbocycles.